The zero-order valence-electron chi connectivity index (χ0n) is 25.3. The van der Waals surface area contributed by atoms with E-state index in [0.717, 1.165) is 46.0 Å². The molecule has 16 nitrogen and oxygen atoms in total. The van der Waals surface area contributed by atoms with Crippen molar-refractivity contribution in [3.8, 4) is 16.9 Å². The predicted octanol–water partition coefficient (Wildman–Crippen LogP) is 0.199. The predicted molar refractivity (Wildman–Crippen MR) is 166 cm³/mol. The molecule has 0 aliphatic carbocycles. The monoisotopic (exact) mass is 674 g/mol. The average Bonchev–Trinajstić information content (AvgIpc) is 3.44. The molecule has 46 heavy (non-hydrogen) atoms. The van der Waals surface area contributed by atoms with Gasteiger partial charge in [-0.05, 0) is 56.0 Å². The lowest BCUT2D eigenvalue weighted by molar-refractivity contribution is -0.656. The summed E-state index contributed by atoms with van der Waals surface area (Å²) >= 11 is 1.07. The van der Waals surface area contributed by atoms with E-state index in [0.29, 0.717) is 24.6 Å². The van der Waals surface area contributed by atoms with Gasteiger partial charge in [0.15, 0.2) is 17.5 Å². The molecule has 3 aromatic rings. The fourth-order valence-corrected chi connectivity index (χ4v) is 6.10. The van der Waals surface area contributed by atoms with Crippen LogP contribution in [0.5, 0.6) is 5.75 Å². The van der Waals surface area contributed by atoms with E-state index in [9.17, 15) is 22.6 Å². The Kier molecular flexibility index (Phi) is 9.45. The van der Waals surface area contributed by atoms with Gasteiger partial charge in [-0.25, -0.2) is 18.0 Å². The Morgan fingerprint density at radius 2 is 2.07 bits per heavy atom. The molecule has 5 rings (SSSR count). The molecule has 246 valence electrons. The minimum absolute atomic E-state index is 0.0154. The normalized spacial score (nSPS) is 19.1. The lowest BCUT2D eigenvalue weighted by atomic mass is 9.84. The van der Waals surface area contributed by atoms with Crippen molar-refractivity contribution in [2.75, 3.05) is 30.7 Å². The highest BCUT2D eigenvalue weighted by Gasteiger charge is 2.57. The number of carbonyl (C=O) groups excluding carboxylic acids is 2. The smallest absolute Gasteiger partial charge is 0.276 e. The van der Waals surface area contributed by atoms with Crippen molar-refractivity contribution in [2.45, 2.75) is 44.4 Å². The van der Waals surface area contributed by atoms with Crippen LogP contribution < -0.4 is 31.4 Å². The first-order chi connectivity index (χ1) is 21.8. The molecule has 0 spiro atoms. The molecule has 1 aromatic carbocycles. The van der Waals surface area contributed by atoms with Gasteiger partial charge in [0.1, 0.15) is 23.6 Å². The summed E-state index contributed by atoms with van der Waals surface area (Å²) in [6.07, 6.45) is 3.06. The number of aryl methyl sites for hydroxylation is 2. The molecule has 0 radical (unpaired) electrons. The van der Waals surface area contributed by atoms with E-state index in [1.54, 1.807) is 0 Å². The average molecular weight is 675 g/mol. The number of benzene rings is 1. The number of rotatable bonds is 12. The number of hydroxylamine groups is 2. The maximum absolute atomic E-state index is 13.2. The number of β-lactam (4-membered cyclic amide) rings is 1. The second-order valence-corrected chi connectivity index (χ2v) is 13.1. The van der Waals surface area contributed by atoms with Crippen LogP contribution in [0.1, 0.15) is 31.5 Å². The van der Waals surface area contributed by atoms with Gasteiger partial charge in [0.05, 0.1) is 25.3 Å². The standard InChI is InChI=1S/C28H34N8O8S2/c1-28(2)24(26(38)36(28)44-46(39,40)41)33-25(37)23(20-15-45-27(30)32-20)34-42-14-19-7-4-17-12-16(5-8-21(17)43-19)18-6-9-22(31-11-10-29)35(3)13-18/h5-6,8-9,12-13,15,19,24H,4,7,10-11,14,29H2,1-3H3,(H4,30,32,33,37,39,40,41)/b34-23-/t19-,24+/m1/s1. The fourth-order valence-electron chi connectivity index (χ4n) is 5.11. The van der Waals surface area contributed by atoms with E-state index in [-0.39, 0.29) is 29.2 Å². The van der Waals surface area contributed by atoms with Gasteiger partial charge in [-0.2, -0.15) is 9.35 Å². The zero-order valence-corrected chi connectivity index (χ0v) is 26.9. The Balaban J connectivity index is 1.23. The fraction of sp³-hybridized carbons (Fsp3) is 0.393. The number of oxime groups is 1. The van der Waals surface area contributed by atoms with Crippen molar-refractivity contribution in [1.82, 2.24) is 15.4 Å². The molecular weight excluding hydrogens is 640 g/mol. The molecule has 2 aliphatic rings. The van der Waals surface area contributed by atoms with Gasteiger partial charge >= 0.3 is 0 Å². The van der Waals surface area contributed by atoms with Crippen LogP contribution >= 0.6 is 11.3 Å². The Morgan fingerprint density at radius 1 is 1.30 bits per heavy atom. The molecule has 2 amide bonds. The van der Waals surface area contributed by atoms with Crippen molar-refractivity contribution >= 4 is 50.2 Å². The Labute approximate surface area is 269 Å². The van der Waals surface area contributed by atoms with Gasteiger partial charge in [-0.3, -0.25) is 14.9 Å². The van der Waals surface area contributed by atoms with E-state index >= 15 is 0 Å². The topological polar surface area (TPSA) is 228 Å². The molecule has 0 unspecified atom stereocenters. The molecule has 2 aliphatic heterocycles. The number of nitrogen functional groups attached to an aromatic ring is 1. The first-order valence-corrected chi connectivity index (χ1v) is 16.4. The van der Waals surface area contributed by atoms with Crippen LogP contribution in [0.3, 0.4) is 0 Å². The van der Waals surface area contributed by atoms with Crippen LogP contribution in [-0.4, -0.2) is 77.9 Å². The molecule has 0 bridgehead atoms. The highest BCUT2D eigenvalue weighted by molar-refractivity contribution is 7.80. The van der Waals surface area contributed by atoms with Gasteiger partial charge in [-0.1, -0.05) is 11.2 Å². The molecule has 2 aromatic heterocycles. The molecular formula is C28H34N8O8S2. The quantitative estimate of drug-likeness (QED) is 0.0505. The summed E-state index contributed by atoms with van der Waals surface area (Å²) in [5.41, 5.74) is 13.0. The van der Waals surface area contributed by atoms with Crippen LogP contribution in [0.25, 0.3) is 11.1 Å². The Bertz CT molecular complexity index is 1780. The van der Waals surface area contributed by atoms with E-state index in [1.807, 2.05) is 42.1 Å². The number of hydrogen-bond acceptors (Lipinski definition) is 14. The van der Waals surface area contributed by atoms with E-state index in [4.69, 9.17) is 21.0 Å². The van der Waals surface area contributed by atoms with E-state index in [2.05, 4.69) is 31.1 Å². The van der Waals surface area contributed by atoms with Gasteiger partial charge < -0.3 is 30.9 Å². The molecule has 6 N–H and O–H groups in total. The molecule has 4 heterocycles. The number of nitrogens with two attached hydrogens (primary N) is 2. The number of nitrogens with zero attached hydrogens (tertiary/aromatic N) is 4. The maximum atomic E-state index is 13.2. The highest BCUT2D eigenvalue weighted by atomic mass is 32.3. The highest BCUT2D eigenvalue weighted by Crippen LogP contribution is 2.34. The number of nitrogens with one attached hydrogen (secondary N) is 2. The number of anilines is 2. The van der Waals surface area contributed by atoms with Crippen LogP contribution in [0.2, 0.25) is 0 Å². The van der Waals surface area contributed by atoms with Gasteiger partial charge in [0, 0.05) is 23.6 Å². The largest absolute Gasteiger partial charge is 0.724 e. The molecule has 2 atom stereocenters. The third-order valence-corrected chi connectivity index (χ3v) is 8.53. The summed E-state index contributed by atoms with van der Waals surface area (Å²) in [5, 5.41) is 11.8. The third-order valence-electron chi connectivity index (χ3n) is 7.52. The summed E-state index contributed by atoms with van der Waals surface area (Å²) in [6, 6.07) is 8.84. The number of ether oxygens (including phenoxy) is 1. The molecule has 0 saturated carbocycles. The van der Waals surface area contributed by atoms with Crippen molar-refractivity contribution in [2.24, 2.45) is 17.9 Å². The van der Waals surface area contributed by atoms with Crippen molar-refractivity contribution in [3.63, 3.8) is 0 Å². The third kappa shape index (κ3) is 7.20. The number of hydrogen-bond donors (Lipinski definition) is 4. The Hall–Kier alpha value is -4.36. The van der Waals surface area contributed by atoms with Gasteiger partial charge in [-0.15, -0.1) is 11.3 Å². The van der Waals surface area contributed by atoms with Crippen LogP contribution in [0.4, 0.5) is 10.9 Å². The van der Waals surface area contributed by atoms with E-state index in [1.165, 1.54) is 19.2 Å². The summed E-state index contributed by atoms with van der Waals surface area (Å²) < 4.78 is 45.4. The first-order valence-electron chi connectivity index (χ1n) is 14.2. The molecule has 1 fully saturated rings. The number of pyridine rings is 1. The second-order valence-electron chi connectivity index (χ2n) is 11.2. The number of amides is 2. The summed E-state index contributed by atoms with van der Waals surface area (Å²) in [6.45, 7) is 4.07. The zero-order chi connectivity index (χ0) is 33.2. The lowest BCUT2D eigenvalue weighted by Crippen LogP contribution is -2.76. The number of aromatic nitrogens is 2. The van der Waals surface area contributed by atoms with Gasteiger partial charge in [0.25, 0.3) is 17.6 Å². The number of thiazole rings is 1. The summed E-state index contributed by atoms with van der Waals surface area (Å²) in [5.74, 6) is -0.0740. The summed E-state index contributed by atoms with van der Waals surface area (Å²) in [4.78, 5) is 35.4. The van der Waals surface area contributed by atoms with Gasteiger partial charge in [0.2, 0.25) is 10.4 Å². The maximum Gasteiger partial charge on any atom is 0.276 e. The van der Waals surface area contributed by atoms with Crippen LogP contribution in [-0.2, 0) is 42.6 Å². The van der Waals surface area contributed by atoms with Crippen molar-refractivity contribution in [1.29, 1.82) is 0 Å². The second kappa shape index (κ2) is 13.2. The number of fused-ring (bicyclic) bond motifs is 1. The minimum atomic E-state index is -5.20. The van der Waals surface area contributed by atoms with Crippen LogP contribution in [0, 0.1) is 0 Å². The number of carbonyl (C=O) groups is 2. The minimum Gasteiger partial charge on any atom is -0.724 e. The lowest BCUT2D eigenvalue weighted by Gasteiger charge is -2.51. The Morgan fingerprint density at radius 3 is 2.72 bits per heavy atom. The first kappa shape index (κ1) is 33.0. The molecule has 18 heteroatoms. The van der Waals surface area contributed by atoms with Crippen molar-refractivity contribution < 1.29 is 41.0 Å². The summed E-state index contributed by atoms with van der Waals surface area (Å²) in [7, 11) is -3.23. The van der Waals surface area contributed by atoms with E-state index < -0.39 is 33.8 Å². The molecule has 1 saturated heterocycles. The SMILES string of the molecule is C[n+]1cc(-c2ccc3c(c2)CC[C@H](CO/N=C(\C(=O)N[C@H]2C(=O)N(OS(=O)(=O)[O-])C2(C)C)c2csc(N)n2)O3)ccc1NCCN. The van der Waals surface area contributed by atoms with Crippen LogP contribution in [0.15, 0.2) is 47.1 Å². The van der Waals surface area contributed by atoms with Crippen molar-refractivity contribution in [3.05, 3.63) is 53.2 Å².